The number of pyridine rings is 1. The Balaban J connectivity index is 1.67. The van der Waals surface area contributed by atoms with Crippen LogP contribution in [0.4, 0.5) is 0 Å². The Morgan fingerprint density at radius 2 is 2.09 bits per heavy atom. The maximum absolute atomic E-state index is 12.4. The van der Waals surface area contributed by atoms with Crippen LogP contribution in [-0.2, 0) is 17.9 Å². The average Bonchev–Trinajstić information content (AvgIpc) is 2.85. The molecule has 1 aromatic carbocycles. The van der Waals surface area contributed by atoms with Gasteiger partial charge < -0.3 is 5.32 Å². The second kappa shape index (κ2) is 12.4. The summed E-state index contributed by atoms with van der Waals surface area (Å²) in [5.74, 6) is 0.466. The number of hydrogen-bond donors (Lipinski definition) is 1. The fraction of sp³-hybridized carbons (Fsp3) is 0.444. The van der Waals surface area contributed by atoms with Crippen molar-refractivity contribution in [1.29, 1.82) is 0 Å². The van der Waals surface area contributed by atoms with Crippen molar-refractivity contribution in [2.75, 3.05) is 27.2 Å². The maximum atomic E-state index is 12.4. The Morgan fingerprint density at radius 1 is 1.30 bits per heavy atom. The van der Waals surface area contributed by atoms with Gasteiger partial charge in [-0.05, 0) is 75.0 Å². The van der Waals surface area contributed by atoms with Crippen molar-refractivity contribution in [2.45, 2.75) is 50.7 Å². The molecule has 1 fully saturated rings. The normalized spacial score (nSPS) is 15.8. The van der Waals surface area contributed by atoms with Gasteiger partial charge in [-0.1, -0.05) is 30.3 Å². The lowest BCUT2D eigenvalue weighted by Gasteiger charge is -2.32. The highest BCUT2D eigenvalue weighted by atomic mass is 16.2. The minimum absolute atomic E-state index is 0.0107. The fourth-order valence-corrected chi connectivity index (χ4v) is 4.65. The number of piperidine rings is 1. The molecule has 2 heterocycles. The summed E-state index contributed by atoms with van der Waals surface area (Å²) in [6.45, 7) is 7.28. The Morgan fingerprint density at radius 3 is 2.73 bits per heavy atom. The molecule has 1 aliphatic heterocycles. The number of likely N-dealkylation sites (tertiary alicyclic amines) is 1. The molecular formula is C27H36N4O2. The van der Waals surface area contributed by atoms with Crippen LogP contribution in [0.15, 0.2) is 55.3 Å². The van der Waals surface area contributed by atoms with Crippen molar-refractivity contribution in [3.8, 4) is 0 Å². The van der Waals surface area contributed by atoms with Crippen LogP contribution in [0.5, 0.6) is 0 Å². The number of allylic oxidation sites excluding steroid dienone is 1. The molecule has 176 valence electrons. The molecule has 0 bridgehead atoms. The van der Waals surface area contributed by atoms with Crippen molar-refractivity contribution in [3.05, 3.63) is 77.6 Å². The van der Waals surface area contributed by atoms with Crippen molar-refractivity contribution in [1.82, 2.24) is 20.1 Å². The van der Waals surface area contributed by atoms with Crippen LogP contribution >= 0.6 is 0 Å². The quantitative estimate of drug-likeness (QED) is 0.419. The molecule has 1 N–H and O–H groups in total. The first-order valence-electron chi connectivity index (χ1n) is 11.8. The molecule has 6 nitrogen and oxygen atoms in total. The van der Waals surface area contributed by atoms with E-state index in [0.717, 1.165) is 56.4 Å². The molecule has 0 saturated carbocycles. The van der Waals surface area contributed by atoms with E-state index in [1.54, 1.807) is 7.05 Å². The standard InChI is InChI=1S/C27H36N4O2/c1-4-5-9-26(27(33)28-2)30(3)18-24-17-22(10-11-23(24)20-32)21-12-15-31(16-13-21)19-25-8-6-7-14-29-25/h4,6-8,10-11,14,17,20-21,26H,1,5,9,12-13,15-16,18-19H2,2-3H3,(H,28,33). The number of likely N-dealkylation sites (N-methyl/N-ethyl adjacent to an activating group) is 2. The summed E-state index contributed by atoms with van der Waals surface area (Å²) < 4.78 is 0. The topological polar surface area (TPSA) is 65.5 Å². The van der Waals surface area contributed by atoms with Gasteiger partial charge in [-0.25, -0.2) is 0 Å². The molecule has 1 atom stereocenters. The SMILES string of the molecule is C=CCCC(C(=O)NC)N(C)Cc1cc(C2CCN(Cc3ccccn3)CC2)ccc1C=O. The Labute approximate surface area is 197 Å². The molecular weight excluding hydrogens is 412 g/mol. The summed E-state index contributed by atoms with van der Waals surface area (Å²) in [5.41, 5.74) is 4.06. The molecule has 6 heteroatoms. The number of rotatable bonds is 11. The lowest BCUT2D eigenvalue weighted by molar-refractivity contribution is -0.125. The molecule has 1 saturated heterocycles. The van der Waals surface area contributed by atoms with Gasteiger partial charge in [0.05, 0.1) is 11.7 Å². The van der Waals surface area contributed by atoms with Crippen molar-refractivity contribution in [3.63, 3.8) is 0 Å². The minimum Gasteiger partial charge on any atom is -0.358 e. The third-order valence-electron chi connectivity index (χ3n) is 6.61. The first-order chi connectivity index (χ1) is 16.0. The van der Waals surface area contributed by atoms with Crippen LogP contribution in [0.2, 0.25) is 0 Å². The van der Waals surface area contributed by atoms with Crippen molar-refractivity contribution < 1.29 is 9.59 Å². The zero-order valence-corrected chi connectivity index (χ0v) is 19.9. The van der Waals surface area contributed by atoms with Gasteiger partial charge in [0, 0.05) is 31.9 Å². The van der Waals surface area contributed by atoms with E-state index in [-0.39, 0.29) is 11.9 Å². The van der Waals surface area contributed by atoms with Crippen LogP contribution in [0.3, 0.4) is 0 Å². The summed E-state index contributed by atoms with van der Waals surface area (Å²) in [6.07, 6.45) is 8.24. The molecule has 0 aliphatic carbocycles. The Bertz CT molecular complexity index is 923. The van der Waals surface area contributed by atoms with E-state index >= 15 is 0 Å². The predicted molar refractivity (Wildman–Crippen MR) is 132 cm³/mol. The minimum atomic E-state index is -0.258. The highest BCUT2D eigenvalue weighted by Gasteiger charge is 2.24. The van der Waals surface area contributed by atoms with Crippen LogP contribution in [0, 0.1) is 0 Å². The van der Waals surface area contributed by atoms with Crippen molar-refractivity contribution >= 4 is 12.2 Å². The summed E-state index contributed by atoms with van der Waals surface area (Å²) in [5, 5.41) is 2.76. The van der Waals surface area contributed by atoms with Crippen molar-refractivity contribution in [2.24, 2.45) is 0 Å². The van der Waals surface area contributed by atoms with Gasteiger partial charge in [0.25, 0.3) is 0 Å². The summed E-state index contributed by atoms with van der Waals surface area (Å²) in [7, 11) is 3.61. The Kier molecular flexibility index (Phi) is 9.34. The number of hydrogen-bond acceptors (Lipinski definition) is 5. The first-order valence-corrected chi connectivity index (χ1v) is 11.8. The average molecular weight is 449 g/mol. The van der Waals surface area contributed by atoms with Gasteiger partial charge in [-0.3, -0.25) is 24.4 Å². The van der Waals surface area contributed by atoms with Gasteiger partial charge in [0.15, 0.2) is 0 Å². The number of nitrogens with one attached hydrogen (secondary N) is 1. The van der Waals surface area contributed by atoms with Crippen LogP contribution in [0.25, 0.3) is 0 Å². The predicted octanol–water partition coefficient (Wildman–Crippen LogP) is 3.79. The van der Waals surface area contributed by atoms with E-state index in [2.05, 4.69) is 40.0 Å². The number of carbonyl (C=O) groups excluding carboxylic acids is 2. The first kappa shape index (κ1) is 24.8. The van der Waals surface area contributed by atoms with E-state index in [4.69, 9.17) is 0 Å². The molecule has 33 heavy (non-hydrogen) atoms. The molecule has 0 radical (unpaired) electrons. The van der Waals surface area contributed by atoms with Gasteiger partial charge >= 0.3 is 0 Å². The molecule has 1 amide bonds. The third-order valence-corrected chi connectivity index (χ3v) is 6.61. The summed E-state index contributed by atoms with van der Waals surface area (Å²) in [4.78, 5) is 33.1. The van der Waals surface area contributed by atoms with Gasteiger partial charge in [0.1, 0.15) is 6.29 Å². The molecule has 1 unspecified atom stereocenters. The molecule has 2 aromatic rings. The second-order valence-corrected chi connectivity index (χ2v) is 8.86. The number of benzene rings is 1. The van der Waals surface area contributed by atoms with Gasteiger partial charge in [-0.15, -0.1) is 6.58 Å². The third kappa shape index (κ3) is 6.83. The van der Waals surface area contributed by atoms with E-state index < -0.39 is 0 Å². The highest BCUT2D eigenvalue weighted by molar-refractivity contribution is 5.81. The van der Waals surface area contributed by atoms with Crippen LogP contribution < -0.4 is 5.32 Å². The lowest BCUT2D eigenvalue weighted by atomic mass is 9.87. The van der Waals surface area contributed by atoms with E-state index in [1.165, 1.54) is 5.56 Å². The number of nitrogens with zero attached hydrogens (tertiary/aromatic N) is 3. The Hall–Kier alpha value is -2.83. The van der Waals surface area contributed by atoms with E-state index in [0.29, 0.717) is 24.4 Å². The monoisotopic (exact) mass is 448 g/mol. The number of aldehydes is 1. The summed E-state index contributed by atoms with van der Waals surface area (Å²) in [6, 6.07) is 12.0. The largest absolute Gasteiger partial charge is 0.358 e. The smallest absolute Gasteiger partial charge is 0.237 e. The highest BCUT2D eigenvalue weighted by Crippen LogP contribution is 2.30. The lowest BCUT2D eigenvalue weighted by Crippen LogP contribution is -2.43. The molecule has 1 aromatic heterocycles. The molecule has 3 rings (SSSR count). The van der Waals surface area contributed by atoms with Crippen LogP contribution in [-0.4, -0.2) is 60.2 Å². The molecule has 0 spiro atoms. The second-order valence-electron chi connectivity index (χ2n) is 8.86. The molecule has 1 aliphatic rings. The van der Waals surface area contributed by atoms with Crippen LogP contribution in [0.1, 0.15) is 58.8 Å². The zero-order chi connectivity index (χ0) is 23.6. The van der Waals surface area contributed by atoms with Gasteiger partial charge in [-0.2, -0.15) is 0 Å². The number of aromatic nitrogens is 1. The zero-order valence-electron chi connectivity index (χ0n) is 19.9. The van der Waals surface area contributed by atoms with E-state index in [1.807, 2.05) is 42.4 Å². The fourth-order valence-electron chi connectivity index (χ4n) is 4.65. The number of carbonyl (C=O) groups is 2. The summed E-state index contributed by atoms with van der Waals surface area (Å²) >= 11 is 0. The maximum Gasteiger partial charge on any atom is 0.237 e. The van der Waals surface area contributed by atoms with E-state index in [9.17, 15) is 9.59 Å². The van der Waals surface area contributed by atoms with Gasteiger partial charge in [0.2, 0.25) is 5.91 Å². The number of amides is 1.